The predicted molar refractivity (Wildman–Crippen MR) is 162 cm³/mol. The van der Waals surface area contributed by atoms with Crippen LogP contribution >= 0.6 is 11.8 Å². The minimum absolute atomic E-state index is 0.0712. The third kappa shape index (κ3) is 6.28. The monoisotopic (exact) mass is 564 g/mol. The lowest BCUT2D eigenvalue weighted by molar-refractivity contribution is 0.102. The van der Waals surface area contributed by atoms with Crippen molar-refractivity contribution in [2.75, 3.05) is 9.62 Å². The van der Waals surface area contributed by atoms with Crippen LogP contribution in [0.5, 0.6) is 0 Å². The van der Waals surface area contributed by atoms with Gasteiger partial charge in [0.1, 0.15) is 0 Å². The second-order valence-electron chi connectivity index (χ2n) is 9.19. The number of sulfonamides is 1. The second-order valence-corrected chi connectivity index (χ2v) is 12.2. The van der Waals surface area contributed by atoms with Crippen molar-refractivity contribution in [1.29, 1.82) is 0 Å². The van der Waals surface area contributed by atoms with E-state index in [4.69, 9.17) is 0 Å². The topological polar surface area (TPSA) is 66.5 Å². The number of amides is 1. The highest BCUT2D eigenvalue weighted by Gasteiger charge is 2.29. The fourth-order valence-electron chi connectivity index (χ4n) is 4.23. The van der Waals surface area contributed by atoms with Crippen LogP contribution in [0.2, 0.25) is 0 Å². The van der Waals surface area contributed by atoms with E-state index in [0.29, 0.717) is 11.4 Å². The van der Waals surface area contributed by atoms with Crippen LogP contribution in [0.1, 0.15) is 21.5 Å². The maximum atomic E-state index is 14.0. The summed E-state index contributed by atoms with van der Waals surface area (Å²) in [5.74, 6) is -0.395. The highest BCUT2D eigenvalue weighted by atomic mass is 32.2. The Kier molecular flexibility index (Phi) is 8.34. The molecule has 5 rings (SSSR count). The molecule has 0 spiro atoms. The maximum Gasteiger partial charge on any atom is 0.264 e. The molecule has 0 saturated carbocycles. The Hall–Kier alpha value is -4.33. The zero-order valence-corrected chi connectivity index (χ0v) is 23.5. The van der Waals surface area contributed by atoms with E-state index in [2.05, 4.69) is 5.32 Å². The first-order valence-electron chi connectivity index (χ1n) is 12.8. The molecule has 0 aliphatic carbocycles. The Balaban J connectivity index is 1.52. The zero-order chi connectivity index (χ0) is 28.0. The van der Waals surface area contributed by atoms with E-state index in [1.807, 2.05) is 91.9 Å². The number of nitrogens with zero attached hydrogens (tertiary/aromatic N) is 1. The first-order valence-corrected chi connectivity index (χ1v) is 15.0. The molecule has 0 aliphatic heterocycles. The van der Waals surface area contributed by atoms with Crippen LogP contribution in [0.15, 0.2) is 148 Å². The standard InChI is InChI=1S/C33H28N2O3S2/c1-25-20-22-28(23-21-25)40(37,38)35(24-26-12-4-2-5-13-26)31-18-10-8-16-29(31)33(36)34-30-17-9-11-19-32(30)39-27-14-6-3-7-15-27/h2-23H,24H2,1H3,(H,34,36). The summed E-state index contributed by atoms with van der Waals surface area (Å²) < 4.78 is 29.4. The van der Waals surface area contributed by atoms with Crippen molar-refractivity contribution in [3.63, 3.8) is 0 Å². The lowest BCUT2D eigenvalue weighted by Gasteiger charge is -2.27. The Morgan fingerprint density at radius 3 is 2.05 bits per heavy atom. The number of benzene rings is 5. The van der Waals surface area contributed by atoms with Gasteiger partial charge in [0.15, 0.2) is 0 Å². The highest BCUT2D eigenvalue weighted by molar-refractivity contribution is 7.99. The summed E-state index contributed by atoms with van der Waals surface area (Å²) in [6, 6.07) is 40.4. The molecular formula is C33H28N2O3S2. The van der Waals surface area contributed by atoms with E-state index in [1.54, 1.807) is 60.3 Å². The summed E-state index contributed by atoms with van der Waals surface area (Å²) in [5.41, 5.74) is 2.97. The van der Waals surface area contributed by atoms with Gasteiger partial charge in [-0.1, -0.05) is 102 Å². The first-order chi connectivity index (χ1) is 19.4. The van der Waals surface area contributed by atoms with Crippen molar-refractivity contribution in [1.82, 2.24) is 0 Å². The van der Waals surface area contributed by atoms with Gasteiger partial charge in [-0.05, 0) is 61.0 Å². The van der Waals surface area contributed by atoms with Crippen LogP contribution in [0.4, 0.5) is 11.4 Å². The number of hydrogen-bond acceptors (Lipinski definition) is 4. The number of carbonyl (C=O) groups excluding carboxylic acids is 1. The number of hydrogen-bond donors (Lipinski definition) is 1. The lowest BCUT2D eigenvalue weighted by atomic mass is 10.1. The van der Waals surface area contributed by atoms with Crippen LogP contribution in [0.25, 0.3) is 0 Å². The number of carbonyl (C=O) groups is 1. The van der Waals surface area contributed by atoms with E-state index in [1.165, 1.54) is 4.31 Å². The molecule has 1 amide bonds. The number of anilines is 2. The van der Waals surface area contributed by atoms with Crippen LogP contribution in [0.3, 0.4) is 0 Å². The summed E-state index contributed by atoms with van der Waals surface area (Å²) in [5, 5.41) is 3.02. The fourth-order valence-corrected chi connectivity index (χ4v) is 6.63. The van der Waals surface area contributed by atoms with Gasteiger partial charge < -0.3 is 5.32 Å². The van der Waals surface area contributed by atoms with Gasteiger partial charge in [0, 0.05) is 9.79 Å². The van der Waals surface area contributed by atoms with Crippen LogP contribution in [0, 0.1) is 6.92 Å². The van der Waals surface area contributed by atoms with Crippen molar-refractivity contribution < 1.29 is 13.2 Å². The molecule has 1 N–H and O–H groups in total. The van der Waals surface area contributed by atoms with Crippen molar-refractivity contribution in [2.45, 2.75) is 28.2 Å². The summed E-state index contributed by atoms with van der Waals surface area (Å²) in [4.78, 5) is 15.9. The normalized spacial score (nSPS) is 11.1. The van der Waals surface area contributed by atoms with E-state index in [-0.39, 0.29) is 17.0 Å². The van der Waals surface area contributed by atoms with E-state index < -0.39 is 15.9 Å². The van der Waals surface area contributed by atoms with Gasteiger partial charge in [-0.25, -0.2) is 8.42 Å². The summed E-state index contributed by atoms with van der Waals surface area (Å²) >= 11 is 1.55. The molecule has 0 fully saturated rings. The first kappa shape index (κ1) is 27.2. The lowest BCUT2D eigenvalue weighted by Crippen LogP contribution is -2.32. The Morgan fingerprint density at radius 1 is 0.725 bits per heavy atom. The number of rotatable bonds is 9. The highest BCUT2D eigenvalue weighted by Crippen LogP contribution is 2.35. The van der Waals surface area contributed by atoms with Gasteiger partial charge in [0.05, 0.1) is 28.4 Å². The average molecular weight is 565 g/mol. The Morgan fingerprint density at radius 2 is 1.32 bits per heavy atom. The quantitative estimate of drug-likeness (QED) is 0.198. The molecule has 0 aliphatic rings. The molecule has 0 unspecified atom stereocenters. The molecule has 0 aromatic heterocycles. The minimum atomic E-state index is -4.00. The fraction of sp³-hybridized carbons (Fsp3) is 0.0606. The molecule has 7 heteroatoms. The van der Waals surface area contributed by atoms with Crippen LogP contribution in [-0.2, 0) is 16.6 Å². The molecule has 40 heavy (non-hydrogen) atoms. The van der Waals surface area contributed by atoms with Gasteiger partial charge in [-0.3, -0.25) is 9.10 Å². The number of para-hydroxylation sites is 2. The van der Waals surface area contributed by atoms with E-state index in [9.17, 15) is 13.2 Å². The predicted octanol–water partition coefficient (Wildman–Crippen LogP) is 7.79. The second kappa shape index (κ2) is 12.2. The molecular weight excluding hydrogens is 537 g/mol. The largest absolute Gasteiger partial charge is 0.321 e. The number of aryl methyl sites for hydroxylation is 1. The summed E-state index contributed by atoms with van der Waals surface area (Å²) in [7, 11) is -4.00. The van der Waals surface area contributed by atoms with Crippen molar-refractivity contribution in [3.05, 3.63) is 150 Å². The van der Waals surface area contributed by atoms with Crippen LogP contribution in [-0.4, -0.2) is 14.3 Å². The molecule has 0 radical (unpaired) electrons. The summed E-state index contributed by atoms with van der Waals surface area (Å²) in [6.07, 6.45) is 0. The molecule has 200 valence electrons. The van der Waals surface area contributed by atoms with Gasteiger partial charge in [0.25, 0.3) is 15.9 Å². The van der Waals surface area contributed by atoms with E-state index >= 15 is 0 Å². The Labute approximate surface area is 239 Å². The molecule has 5 aromatic carbocycles. The van der Waals surface area contributed by atoms with Crippen molar-refractivity contribution >= 4 is 39.1 Å². The summed E-state index contributed by atoms with van der Waals surface area (Å²) in [6.45, 7) is 1.98. The SMILES string of the molecule is Cc1ccc(S(=O)(=O)N(Cc2ccccc2)c2ccccc2C(=O)Nc2ccccc2Sc2ccccc2)cc1. The molecule has 0 saturated heterocycles. The van der Waals surface area contributed by atoms with Gasteiger partial charge in [-0.15, -0.1) is 0 Å². The van der Waals surface area contributed by atoms with Crippen molar-refractivity contribution in [2.24, 2.45) is 0 Å². The van der Waals surface area contributed by atoms with Gasteiger partial charge in [-0.2, -0.15) is 0 Å². The number of nitrogens with one attached hydrogen (secondary N) is 1. The maximum absolute atomic E-state index is 14.0. The Bertz CT molecular complexity index is 1710. The average Bonchev–Trinajstić information content (AvgIpc) is 2.98. The zero-order valence-electron chi connectivity index (χ0n) is 21.9. The molecule has 0 bridgehead atoms. The minimum Gasteiger partial charge on any atom is -0.321 e. The van der Waals surface area contributed by atoms with E-state index in [0.717, 1.165) is 20.9 Å². The van der Waals surface area contributed by atoms with Gasteiger partial charge >= 0.3 is 0 Å². The molecule has 5 aromatic rings. The molecule has 0 atom stereocenters. The van der Waals surface area contributed by atoms with Crippen molar-refractivity contribution in [3.8, 4) is 0 Å². The smallest absolute Gasteiger partial charge is 0.264 e. The molecule has 5 nitrogen and oxygen atoms in total. The third-order valence-electron chi connectivity index (χ3n) is 6.30. The van der Waals surface area contributed by atoms with Gasteiger partial charge in [0.2, 0.25) is 0 Å². The van der Waals surface area contributed by atoms with Crippen LogP contribution < -0.4 is 9.62 Å². The molecule has 0 heterocycles. The third-order valence-corrected chi connectivity index (χ3v) is 9.16.